The van der Waals surface area contributed by atoms with E-state index in [0.717, 1.165) is 5.56 Å². The third-order valence-electron chi connectivity index (χ3n) is 3.13. The van der Waals surface area contributed by atoms with E-state index in [1.165, 1.54) is 19.1 Å². The fourth-order valence-corrected chi connectivity index (χ4v) is 2.03. The molecule has 5 nitrogen and oxygen atoms in total. The molecule has 108 valence electrons. The molecule has 2 rings (SSSR count). The van der Waals surface area contributed by atoms with Crippen LogP contribution in [0.4, 0.5) is 5.69 Å². The summed E-state index contributed by atoms with van der Waals surface area (Å²) in [7, 11) is 0. The Morgan fingerprint density at radius 2 is 1.86 bits per heavy atom. The molecule has 1 atom stereocenters. The van der Waals surface area contributed by atoms with Gasteiger partial charge in [-0.1, -0.05) is 30.3 Å². The normalized spacial score (nSPS) is 11.7. The Kier molecular flexibility index (Phi) is 4.33. The van der Waals surface area contributed by atoms with Crippen LogP contribution in [0.15, 0.2) is 48.5 Å². The molecule has 0 fully saturated rings. The fourth-order valence-electron chi connectivity index (χ4n) is 2.03. The number of carbonyl (C=O) groups excluding carboxylic acids is 1. The monoisotopic (exact) mass is 285 g/mol. The van der Waals surface area contributed by atoms with Crippen LogP contribution < -0.4 is 4.74 Å². The van der Waals surface area contributed by atoms with Crippen LogP contribution in [0.5, 0.6) is 5.75 Å². The predicted molar refractivity (Wildman–Crippen MR) is 78.6 cm³/mol. The van der Waals surface area contributed by atoms with E-state index in [1.807, 2.05) is 37.3 Å². The maximum absolute atomic E-state index is 11.4. The van der Waals surface area contributed by atoms with Crippen molar-refractivity contribution in [3.8, 4) is 5.75 Å². The number of nitrogens with zero attached hydrogens (tertiary/aromatic N) is 1. The highest BCUT2D eigenvalue weighted by Gasteiger charge is 2.19. The molecule has 0 bridgehead atoms. The molecule has 0 saturated heterocycles. The second kappa shape index (κ2) is 6.17. The van der Waals surface area contributed by atoms with Crippen LogP contribution >= 0.6 is 0 Å². The van der Waals surface area contributed by atoms with E-state index in [0.29, 0.717) is 5.75 Å². The lowest BCUT2D eigenvalue weighted by Gasteiger charge is -2.15. The average molecular weight is 285 g/mol. The van der Waals surface area contributed by atoms with E-state index in [-0.39, 0.29) is 23.1 Å². The summed E-state index contributed by atoms with van der Waals surface area (Å²) in [6.45, 7) is 3.16. The van der Waals surface area contributed by atoms with Crippen LogP contribution in [0.3, 0.4) is 0 Å². The summed E-state index contributed by atoms with van der Waals surface area (Å²) >= 11 is 0. The number of ketones is 1. The summed E-state index contributed by atoms with van der Waals surface area (Å²) in [6.07, 6.45) is -0.242. The van der Waals surface area contributed by atoms with Gasteiger partial charge in [0.2, 0.25) is 0 Å². The molecule has 1 unspecified atom stereocenters. The van der Waals surface area contributed by atoms with E-state index in [1.54, 1.807) is 6.07 Å². The summed E-state index contributed by atoms with van der Waals surface area (Å²) < 4.78 is 5.71. The van der Waals surface area contributed by atoms with Gasteiger partial charge in [0.15, 0.2) is 5.78 Å². The Morgan fingerprint density at radius 1 is 1.19 bits per heavy atom. The topological polar surface area (TPSA) is 69.4 Å². The first kappa shape index (κ1) is 14.7. The zero-order valence-electron chi connectivity index (χ0n) is 11.8. The first-order valence-electron chi connectivity index (χ1n) is 6.50. The molecular weight excluding hydrogens is 270 g/mol. The van der Waals surface area contributed by atoms with E-state index >= 15 is 0 Å². The quantitative estimate of drug-likeness (QED) is 0.474. The van der Waals surface area contributed by atoms with Crippen molar-refractivity contribution >= 4 is 11.5 Å². The summed E-state index contributed by atoms with van der Waals surface area (Å²) in [5.74, 6) is 0.0208. The van der Waals surface area contributed by atoms with Gasteiger partial charge in [0, 0.05) is 0 Å². The molecule has 0 radical (unpaired) electrons. The summed E-state index contributed by atoms with van der Waals surface area (Å²) in [6, 6.07) is 13.8. The molecule has 2 aromatic rings. The van der Waals surface area contributed by atoms with Crippen LogP contribution in [0.1, 0.15) is 35.9 Å². The second-order valence-electron chi connectivity index (χ2n) is 4.66. The number of nitro groups is 1. The molecule has 2 aromatic carbocycles. The molecule has 0 aliphatic heterocycles. The molecule has 0 N–H and O–H groups in total. The van der Waals surface area contributed by atoms with Gasteiger partial charge in [-0.05, 0) is 31.5 Å². The first-order chi connectivity index (χ1) is 9.99. The number of carbonyl (C=O) groups is 1. The van der Waals surface area contributed by atoms with Gasteiger partial charge in [0.25, 0.3) is 5.69 Å². The number of ether oxygens (including phenoxy) is 1. The zero-order valence-corrected chi connectivity index (χ0v) is 11.8. The van der Waals surface area contributed by atoms with Gasteiger partial charge in [-0.3, -0.25) is 14.9 Å². The van der Waals surface area contributed by atoms with Gasteiger partial charge >= 0.3 is 0 Å². The van der Waals surface area contributed by atoms with E-state index in [4.69, 9.17) is 4.74 Å². The van der Waals surface area contributed by atoms with E-state index in [9.17, 15) is 14.9 Å². The van der Waals surface area contributed by atoms with Crippen LogP contribution in [-0.4, -0.2) is 10.7 Å². The largest absolute Gasteiger partial charge is 0.486 e. The first-order valence-corrected chi connectivity index (χ1v) is 6.50. The lowest BCUT2D eigenvalue weighted by molar-refractivity contribution is -0.385. The molecule has 0 aliphatic carbocycles. The van der Waals surface area contributed by atoms with Crippen LogP contribution in [0.25, 0.3) is 0 Å². The Bertz CT molecular complexity index is 667. The van der Waals surface area contributed by atoms with Crippen molar-refractivity contribution < 1.29 is 14.5 Å². The van der Waals surface area contributed by atoms with Gasteiger partial charge in [-0.25, -0.2) is 0 Å². The number of nitro benzene ring substituents is 1. The molecule has 5 heteroatoms. The van der Waals surface area contributed by atoms with Crippen LogP contribution in [0.2, 0.25) is 0 Å². The Balaban J connectivity index is 2.27. The number of benzene rings is 2. The summed E-state index contributed by atoms with van der Waals surface area (Å²) in [4.78, 5) is 21.8. The highest BCUT2D eigenvalue weighted by Crippen LogP contribution is 2.28. The number of hydrogen-bond donors (Lipinski definition) is 0. The highest BCUT2D eigenvalue weighted by molar-refractivity contribution is 5.98. The van der Waals surface area contributed by atoms with Gasteiger partial charge in [-0.2, -0.15) is 0 Å². The lowest BCUT2D eigenvalue weighted by atomic mass is 10.1. The number of rotatable bonds is 5. The van der Waals surface area contributed by atoms with Crippen molar-refractivity contribution in [2.45, 2.75) is 20.0 Å². The van der Waals surface area contributed by atoms with E-state index < -0.39 is 4.92 Å². The molecule has 0 spiro atoms. The van der Waals surface area contributed by atoms with Crippen molar-refractivity contribution in [3.63, 3.8) is 0 Å². The van der Waals surface area contributed by atoms with E-state index in [2.05, 4.69) is 0 Å². The maximum atomic E-state index is 11.4. The Labute approximate surface area is 122 Å². The van der Waals surface area contributed by atoms with Crippen molar-refractivity contribution in [1.29, 1.82) is 0 Å². The van der Waals surface area contributed by atoms with Gasteiger partial charge in [-0.15, -0.1) is 0 Å². The average Bonchev–Trinajstić information content (AvgIpc) is 2.47. The standard InChI is InChI=1S/C16H15NO4/c1-11(18)15-9-8-14(10-16(15)17(19)20)21-12(2)13-6-4-3-5-7-13/h3-10,12H,1-2H3. The lowest BCUT2D eigenvalue weighted by Crippen LogP contribution is -2.05. The zero-order chi connectivity index (χ0) is 15.4. The van der Waals surface area contributed by atoms with Crippen LogP contribution in [-0.2, 0) is 0 Å². The minimum Gasteiger partial charge on any atom is -0.486 e. The molecule has 0 aromatic heterocycles. The molecule has 0 amide bonds. The number of Topliss-reactive ketones (excluding diaryl/α,β-unsaturated/α-hetero) is 1. The molecular formula is C16H15NO4. The summed E-state index contributed by atoms with van der Waals surface area (Å²) in [5, 5.41) is 11.0. The third kappa shape index (κ3) is 3.45. The van der Waals surface area contributed by atoms with Gasteiger partial charge in [0.05, 0.1) is 16.6 Å². The Hall–Kier alpha value is -2.69. The van der Waals surface area contributed by atoms with Crippen molar-refractivity contribution in [1.82, 2.24) is 0 Å². The van der Waals surface area contributed by atoms with Crippen molar-refractivity contribution in [2.75, 3.05) is 0 Å². The minimum absolute atomic E-state index is 0.0831. The molecule has 0 saturated carbocycles. The molecule has 21 heavy (non-hydrogen) atoms. The smallest absolute Gasteiger partial charge is 0.283 e. The van der Waals surface area contributed by atoms with Crippen LogP contribution in [0, 0.1) is 10.1 Å². The van der Waals surface area contributed by atoms with Gasteiger partial charge < -0.3 is 4.74 Å². The predicted octanol–water partition coefficient (Wildman–Crippen LogP) is 3.94. The highest BCUT2D eigenvalue weighted by atomic mass is 16.6. The SMILES string of the molecule is CC(=O)c1ccc(OC(C)c2ccccc2)cc1[N+](=O)[O-]. The van der Waals surface area contributed by atoms with Crippen molar-refractivity contribution in [3.05, 3.63) is 69.8 Å². The second-order valence-corrected chi connectivity index (χ2v) is 4.66. The Morgan fingerprint density at radius 3 is 2.43 bits per heavy atom. The summed E-state index contributed by atoms with van der Waals surface area (Å²) in [5.41, 5.74) is 0.816. The van der Waals surface area contributed by atoms with Gasteiger partial charge in [0.1, 0.15) is 11.9 Å². The third-order valence-corrected chi connectivity index (χ3v) is 3.13. The van der Waals surface area contributed by atoms with Crippen molar-refractivity contribution in [2.24, 2.45) is 0 Å². The molecule has 0 heterocycles. The molecule has 0 aliphatic rings. The minimum atomic E-state index is -0.573. The maximum Gasteiger partial charge on any atom is 0.283 e. The number of hydrogen-bond acceptors (Lipinski definition) is 4. The fraction of sp³-hybridized carbons (Fsp3) is 0.188.